The van der Waals surface area contributed by atoms with Gasteiger partial charge in [0.1, 0.15) is 36.3 Å². The number of nitrogens with one attached hydrogen (secondary N) is 5. The number of hydrogen-bond donors (Lipinski definition) is 12. The van der Waals surface area contributed by atoms with E-state index >= 15 is 0 Å². The van der Waals surface area contributed by atoms with Crippen molar-refractivity contribution in [2.24, 2.45) is 33.8 Å². The Morgan fingerprint density at radius 2 is 1.22 bits per heavy atom. The van der Waals surface area contributed by atoms with Gasteiger partial charge in [0.25, 0.3) is 0 Å². The lowest BCUT2D eigenvalue weighted by Crippen LogP contribution is -2.60. The van der Waals surface area contributed by atoms with E-state index in [1.54, 1.807) is 44.2 Å². The third-order valence-electron chi connectivity index (χ3n) is 7.94. The molecular weight excluding hydrogens is 708 g/mol. The Labute approximate surface area is 313 Å². The van der Waals surface area contributed by atoms with E-state index in [0.717, 1.165) is 0 Å². The molecule has 302 valence electrons. The summed E-state index contributed by atoms with van der Waals surface area (Å²) >= 11 is 0. The molecule has 0 spiro atoms. The number of carboxylic acid groups (broad SMARTS) is 2. The Morgan fingerprint density at radius 3 is 1.78 bits per heavy atom. The van der Waals surface area contributed by atoms with Crippen LogP contribution < -0.4 is 49.5 Å². The number of guanidine groups is 1. The van der Waals surface area contributed by atoms with Crippen molar-refractivity contribution < 1.29 is 48.9 Å². The third-order valence-corrected chi connectivity index (χ3v) is 7.94. The van der Waals surface area contributed by atoms with Crippen molar-refractivity contribution in [1.82, 2.24) is 26.6 Å². The van der Waals surface area contributed by atoms with Gasteiger partial charge in [0.2, 0.25) is 29.5 Å². The lowest BCUT2D eigenvalue weighted by molar-refractivity contribution is -0.143. The summed E-state index contributed by atoms with van der Waals surface area (Å²) in [6, 6.07) is 0.194. The third kappa shape index (κ3) is 18.4. The first-order valence-electron chi connectivity index (χ1n) is 17.6. The lowest BCUT2D eigenvalue weighted by atomic mass is 9.99. The van der Waals surface area contributed by atoms with Gasteiger partial charge in [-0.2, -0.15) is 0 Å². The highest BCUT2D eigenvalue weighted by Gasteiger charge is 2.33. The number of nitrogens with two attached hydrogens (primary N) is 4. The van der Waals surface area contributed by atoms with Gasteiger partial charge in [-0.25, -0.2) is 4.79 Å². The highest BCUT2D eigenvalue weighted by atomic mass is 16.4. The Morgan fingerprint density at radius 1 is 0.704 bits per heavy atom. The summed E-state index contributed by atoms with van der Waals surface area (Å²) in [5, 5.41) is 40.7. The van der Waals surface area contributed by atoms with E-state index in [0.29, 0.717) is 24.9 Å². The molecule has 20 nitrogen and oxygen atoms in total. The maximum absolute atomic E-state index is 13.9. The van der Waals surface area contributed by atoms with Crippen LogP contribution in [0.4, 0.5) is 0 Å². The standard InChI is InChI=1S/C34H56N10O10/c1-19(2)15-24(30(50)40-22(11-6-7-13-35)29(49)41-23(33(53)54)12-8-14-39-34(37)38)43-31(51)25(16-20-9-4-3-5-10-20)44-32(52)26(17-27(46)47)42-28(48)21(36)18-45/h3-5,9-10,19,21-26,45H,6-8,11-18,35-36H2,1-2H3,(H,40,50)(H,41,49)(H,42,48)(H,43,51)(H,44,52)(H,46,47)(H,53,54)(H4,37,38,39)/t21-,22-,23-,24-,25-,26-/m0/s1. The van der Waals surface area contributed by atoms with E-state index in [1.165, 1.54) is 0 Å². The first-order valence-corrected chi connectivity index (χ1v) is 17.6. The number of carboxylic acids is 2. The quantitative estimate of drug-likeness (QED) is 0.0251. The van der Waals surface area contributed by atoms with Crippen LogP contribution in [-0.2, 0) is 40.0 Å². The normalized spacial score (nSPS) is 14.3. The average Bonchev–Trinajstić information content (AvgIpc) is 3.10. The zero-order valence-electron chi connectivity index (χ0n) is 30.7. The number of aliphatic imine (C=N–C) groups is 1. The van der Waals surface area contributed by atoms with E-state index in [-0.39, 0.29) is 50.5 Å². The van der Waals surface area contributed by atoms with Crippen LogP contribution in [0.3, 0.4) is 0 Å². The Kier molecular flexibility index (Phi) is 21.5. The van der Waals surface area contributed by atoms with Crippen molar-refractivity contribution in [3.05, 3.63) is 35.9 Å². The number of benzene rings is 1. The molecule has 1 rings (SSSR count). The smallest absolute Gasteiger partial charge is 0.326 e. The van der Waals surface area contributed by atoms with Gasteiger partial charge >= 0.3 is 11.9 Å². The summed E-state index contributed by atoms with van der Waals surface area (Å²) in [6.45, 7) is 3.24. The zero-order chi connectivity index (χ0) is 40.8. The van der Waals surface area contributed by atoms with Crippen LogP contribution in [0.2, 0.25) is 0 Å². The molecule has 0 aliphatic carbocycles. The fraction of sp³-hybridized carbons (Fsp3) is 0.588. The minimum Gasteiger partial charge on any atom is -0.481 e. The topological polar surface area (TPSA) is 357 Å². The largest absolute Gasteiger partial charge is 0.481 e. The number of hydrogen-bond acceptors (Lipinski definition) is 11. The van der Waals surface area contributed by atoms with E-state index < -0.39 is 90.8 Å². The molecule has 0 bridgehead atoms. The summed E-state index contributed by atoms with van der Waals surface area (Å²) in [4.78, 5) is 94.0. The number of carbonyl (C=O) groups is 7. The molecule has 0 saturated carbocycles. The Bertz CT molecular complexity index is 1420. The number of carbonyl (C=O) groups excluding carboxylic acids is 5. The second kappa shape index (κ2) is 24.8. The van der Waals surface area contributed by atoms with Gasteiger partial charge in [-0.1, -0.05) is 44.2 Å². The summed E-state index contributed by atoms with van der Waals surface area (Å²) in [7, 11) is 0. The number of aliphatic carboxylic acids is 2. The van der Waals surface area contributed by atoms with Crippen molar-refractivity contribution >= 4 is 47.4 Å². The lowest BCUT2D eigenvalue weighted by Gasteiger charge is -2.28. The van der Waals surface area contributed by atoms with Crippen molar-refractivity contribution in [3.63, 3.8) is 0 Å². The number of nitrogens with zero attached hydrogens (tertiary/aromatic N) is 1. The molecule has 20 heteroatoms. The van der Waals surface area contributed by atoms with Crippen LogP contribution >= 0.6 is 0 Å². The monoisotopic (exact) mass is 764 g/mol. The van der Waals surface area contributed by atoms with E-state index in [9.17, 15) is 48.9 Å². The first-order chi connectivity index (χ1) is 25.5. The first kappa shape index (κ1) is 46.7. The molecule has 0 aliphatic rings. The van der Waals surface area contributed by atoms with Crippen molar-refractivity contribution in [1.29, 1.82) is 0 Å². The summed E-state index contributed by atoms with van der Waals surface area (Å²) in [5.74, 6) is -7.50. The van der Waals surface area contributed by atoms with Crippen LogP contribution in [0.5, 0.6) is 0 Å². The number of rotatable bonds is 26. The van der Waals surface area contributed by atoms with E-state index in [1.807, 2.05) is 0 Å². The summed E-state index contributed by atoms with van der Waals surface area (Å²) in [6.07, 6.45) is 0.335. The maximum atomic E-state index is 13.9. The fourth-order valence-corrected chi connectivity index (χ4v) is 5.12. The SMILES string of the molecule is CC(C)C[C@H](NC(=O)[C@H](Cc1ccccc1)NC(=O)[C@H](CC(=O)O)NC(=O)[C@@H](N)CO)C(=O)N[C@@H](CCCCN)C(=O)N[C@@H](CCCN=C(N)N)C(=O)O. The minimum absolute atomic E-state index is 0.00683. The number of unbranched alkanes of at least 4 members (excludes halogenated alkanes) is 1. The molecule has 1 aromatic carbocycles. The Balaban J connectivity index is 3.34. The van der Waals surface area contributed by atoms with Gasteiger partial charge in [-0.15, -0.1) is 0 Å². The molecule has 5 amide bonds. The van der Waals surface area contributed by atoms with Gasteiger partial charge in [0, 0.05) is 13.0 Å². The number of amides is 5. The van der Waals surface area contributed by atoms with Crippen molar-refractivity contribution in [3.8, 4) is 0 Å². The molecule has 16 N–H and O–H groups in total. The number of aliphatic hydroxyl groups is 1. The molecule has 0 saturated heterocycles. The van der Waals surface area contributed by atoms with Gasteiger partial charge in [-0.05, 0) is 56.6 Å². The molecule has 6 atom stereocenters. The zero-order valence-corrected chi connectivity index (χ0v) is 30.7. The highest BCUT2D eigenvalue weighted by Crippen LogP contribution is 2.11. The summed E-state index contributed by atoms with van der Waals surface area (Å²) < 4.78 is 0. The fourth-order valence-electron chi connectivity index (χ4n) is 5.12. The molecule has 0 heterocycles. The average molecular weight is 765 g/mol. The summed E-state index contributed by atoms with van der Waals surface area (Å²) in [5.41, 5.74) is 22.4. The van der Waals surface area contributed by atoms with Crippen LogP contribution in [0.15, 0.2) is 35.3 Å². The van der Waals surface area contributed by atoms with Crippen molar-refractivity contribution in [2.75, 3.05) is 19.7 Å². The minimum atomic E-state index is -1.68. The number of aliphatic hydroxyl groups excluding tert-OH is 1. The van der Waals surface area contributed by atoms with Gasteiger partial charge in [-0.3, -0.25) is 33.8 Å². The highest BCUT2D eigenvalue weighted by molar-refractivity contribution is 5.97. The molecule has 0 fully saturated rings. The van der Waals surface area contributed by atoms with Gasteiger partial charge < -0.3 is 64.8 Å². The van der Waals surface area contributed by atoms with Gasteiger partial charge in [0.15, 0.2) is 5.96 Å². The molecule has 0 unspecified atom stereocenters. The molecule has 0 radical (unpaired) electrons. The van der Waals surface area contributed by atoms with Crippen LogP contribution in [-0.4, -0.2) is 119 Å². The predicted octanol–water partition coefficient (Wildman–Crippen LogP) is -3.24. The molecule has 0 aliphatic heterocycles. The van der Waals surface area contributed by atoms with Crippen LogP contribution in [0.25, 0.3) is 0 Å². The van der Waals surface area contributed by atoms with Crippen LogP contribution in [0, 0.1) is 5.92 Å². The van der Waals surface area contributed by atoms with Gasteiger partial charge in [0.05, 0.1) is 13.0 Å². The molecule has 54 heavy (non-hydrogen) atoms. The van der Waals surface area contributed by atoms with E-state index in [4.69, 9.17) is 22.9 Å². The maximum Gasteiger partial charge on any atom is 0.326 e. The Hall–Kier alpha value is -5.34. The van der Waals surface area contributed by atoms with Crippen molar-refractivity contribution in [2.45, 2.75) is 101 Å². The van der Waals surface area contributed by atoms with Crippen LogP contribution in [0.1, 0.15) is 64.4 Å². The van der Waals surface area contributed by atoms with E-state index in [2.05, 4.69) is 31.6 Å². The predicted molar refractivity (Wildman–Crippen MR) is 197 cm³/mol. The molecular formula is C34H56N10O10. The second-order valence-corrected chi connectivity index (χ2v) is 13.1. The molecule has 0 aromatic heterocycles. The second-order valence-electron chi connectivity index (χ2n) is 13.1. The molecule has 1 aromatic rings.